The molecule has 12 heteroatoms. The molecule has 0 unspecified atom stereocenters. The van der Waals surface area contributed by atoms with Crippen LogP contribution in [0.3, 0.4) is 0 Å². The smallest absolute Gasteiger partial charge is 0.439 e. The van der Waals surface area contributed by atoms with Gasteiger partial charge in [0.25, 0.3) is 5.91 Å². The molecule has 0 saturated carbocycles. The van der Waals surface area contributed by atoms with Gasteiger partial charge in [-0.1, -0.05) is 11.2 Å². The highest BCUT2D eigenvalue weighted by molar-refractivity contribution is 6.27. The molecular formula is C26H22F5N3O4. The van der Waals surface area contributed by atoms with Gasteiger partial charge in [0, 0.05) is 18.4 Å². The van der Waals surface area contributed by atoms with Crippen molar-refractivity contribution >= 4 is 17.1 Å². The number of fused-ring (bicyclic) bond motifs is 2. The van der Waals surface area contributed by atoms with E-state index in [-0.39, 0.29) is 47.5 Å². The lowest BCUT2D eigenvalue weighted by atomic mass is 9.77. The first-order chi connectivity index (χ1) is 18.0. The fourth-order valence-corrected chi connectivity index (χ4v) is 5.10. The summed E-state index contributed by atoms with van der Waals surface area (Å²) in [5.41, 5.74) is 0.816. The van der Waals surface area contributed by atoms with Crippen LogP contribution in [0.1, 0.15) is 53.8 Å². The van der Waals surface area contributed by atoms with Crippen LogP contribution in [0, 0.1) is 18.6 Å². The van der Waals surface area contributed by atoms with Gasteiger partial charge in [0.15, 0.2) is 5.82 Å². The fourth-order valence-electron chi connectivity index (χ4n) is 5.10. The van der Waals surface area contributed by atoms with Gasteiger partial charge in [-0.05, 0) is 72.7 Å². The maximum absolute atomic E-state index is 14.5. The zero-order valence-electron chi connectivity index (χ0n) is 20.1. The van der Waals surface area contributed by atoms with E-state index in [1.165, 1.54) is 6.92 Å². The predicted octanol–water partition coefficient (Wildman–Crippen LogP) is 4.94. The second-order valence-corrected chi connectivity index (χ2v) is 9.46. The summed E-state index contributed by atoms with van der Waals surface area (Å²) in [5.74, 6) is -2.85. The molecule has 1 amide bonds. The Morgan fingerprint density at radius 3 is 2.53 bits per heavy atom. The number of halogens is 5. The van der Waals surface area contributed by atoms with E-state index in [9.17, 15) is 31.5 Å². The zero-order chi connectivity index (χ0) is 27.2. The van der Waals surface area contributed by atoms with Crippen LogP contribution in [0.4, 0.5) is 22.0 Å². The molecule has 5 rings (SSSR count). The summed E-state index contributed by atoms with van der Waals surface area (Å²) in [7, 11) is 0. The van der Waals surface area contributed by atoms with Gasteiger partial charge in [0.2, 0.25) is 0 Å². The molecule has 0 fully saturated rings. The van der Waals surface area contributed by atoms with Gasteiger partial charge < -0.3 is 10.1 Å². The van der Waals surface area contributed by atoms with Crippen molar-refractivity contribution in [3.63, 3.8) is 0 Å². The first-order valence-electron chi connectivity index (χ1n) is 11.9. The standard InChI is InChI=1S/C26H22F5N3O4/c1-13-19(27)10-15(11-20(13)28)17-12-25(33-23(35)21(17)22-32-24(36)38-34-22)7-5-14-9-16(3-4-18(14)25)37-8-2-6-26(29,30)31/h3-4,9-11H,2,5-8,12H2,1H3,(H,33,35)(H,32,34,36)/t25-/m0/s1. The van der Waals surface area contributed by atoms with E-state index in [1.807, 2.05) is 0 Å². The molecule has 200 valence electrons. The average molecular weight is 535 g/mol. The lowest BCUT2D eigenvalue weighted by molar-refractivity contribution is -0.136. The van der Waals surface area contributed by atoms with Crippen molar-refractivity contribution < 1.29 is 36.0 Å². The van der Waals surface area contributed by atoms with Crippen LogP contribution in [-0.4, -0.2) is 28.8 Å². The Hall–Kier alpha value is -3.96. The summed E-state index contributed by atoms with van der Waals surface area (Å²) in [6, 6.07) is 7.34. The summed E-state index contributed by atoms with van der Waals surface area (Å²) in [6.07, 6.45) is -4.26. The fraction of sp³-hybridized carbons (Fsp3) is 0.346. The molecule has 1 aliphatic carbocycles. The number of aromatic nitrogens is 2. The van der Waals surface area contributed by atoms with E-state index in [2.05, 4.69) is 20.0 Å². The minimum Gasteiger partial charge on any atom is -0.494 e. The van der Waals surface area contributed by atoms with Crippen molar-refractivity contribution in [1.82, 2.24) is 15.5 Å². The number of nitrogens with zero attached hydrogens (tertiary/aromatic N) is 1. The average Bonchev–Trinajstić information content (AvgIpc) is 3.42. The minimum absolute atomic E-state index is 0.0674. The Morgan fingerprint density at radius 2 is 1.87 bits per heavy atom. The van der Waals surface area contributed by atoms with Crippen molar-refractivity contribution in [3.05, 3.63) is 80.6 Å². The lowest BCUT2D eigenvalue weighted by Gasteiger charge is -2.37. The summed E-state index contributed by atoms with van der Waals surface area (Å²) in [6.45, 7) is 1.20. The normalized spacial score (nSPS) is 19.2. The number of amides is 1. The van der Waals surface area contributed by atoms with Crippen LogP contribution in [-0.2, 0) is 16.8 Å². The molecule has 0 bridgehead atoms. The molecule has 2 aliphatic rings. The molecular weight excluding hydrogens is 513 g/mol. The second kappa shape index (κ2) is 9.41. The van der Waals surface area contributed by atoms with E-state index < -0.39 is 41.4 Å². The van der Waals surface area contributed by atoms with Gasteiger partial charge in [0.1, 0.15) is 17.4 Å². The number of hydrogen-bond acceptors (Lipinski definition) is 5. The SMILES string of the molecule is Cc1c(F)cc(C2=C(c3noc(=O)[nH]3)C(=O)N[C@@]3(CCc4cc(OCCCC(F)(F)F)ccc43)C2)cc1F. The van der Waals surface area contributed by atoms with Gasteiger partial charge in [-0.2, -0.15) is 13.2 Å². The molecule has 0 radical (unpaired) electrons. The molecule has 3 aromatic rings. The number of hydrogen-bond donors (Lipinski definition) is 2. The molecule has 0 saturated heterocycles. The summed E-state index contributed by atoms with van der Waals surface area (Å²) < 4.78 is 76.3. The number of alkyl halides is 3. The third kappa shape index (κ3) is 4.82. The van der Waals surface area contributed by atoms with Gasteiger partial charge in [-0.3, -0.25) is 14.3 Å². The third-order valence-corrected chi connectivity index (χ3v) is 6.95. The minimum atomic E-state index is -4.25. The molecule has 2 N–H and O–H groups in total. The molecule has 2 heterocycles. The Labute approximate surface area is 212 Å². The quantitative estimate of drug-likeness (QED) is 0.344. The molecule has 1 aliphatic heterocycles. The zero-order valence-corrected chi connectivity index (χ0v) is 20.1. The van der Waals surface area contributed by atoms with E-state index in [4.69, 9.17) is 4.74 Å². The van der Waals surface area contributed by atoms with Gasteiger partial charge >= 0.3 is 11.9 Å². The van der Waals surface area contributed by atoms with Crippen LogP contribution in [0.2, 0.25) is 0 Å². The number of aryl methyl sites for hydroxylation is 1. The number of rotatable bonds is 6. The van der Waals surface area contributed by atoms with Crippen LogP contribution in [0.5, 0.6) is 5.75 Å². The molecule has 7 nitrogen and oxygen atoms in total. The van der Waals surface area contributed by atoms with Crippen molar-refractivity contribution in [2.75, 3.05) is 6.61 Å². The number of aromatic amines is 1. The van der Waals surface area contributed by atoms with Gasteiger partial charge in [0.05, 0.1) is 17.7 Å². The highest BCUT2D eigenvalue weighted by Crippen LogP contribution is 2.48. The molecule has 1 spiro atoms. The highest BCUT2D eigenvalue weighted by Gasteiger charge is 2.46. The van der Waals surface area contributed by atoms with Gasteiger partial charge in [-0.25, -0.2) is 13.6 Å². The second-order valence-electron chi connectivity index (χ2n) is 9.46. The first-order valence-corrected chi connectivity index (χ1v) is 11.9. The maximum atomic E-state index is 14.5. The van der Waals surface area contributed by atoms with Crippen molar-refractivity contribution in [3.8, 4) is 5.75 Å². The van der Waals surface area contributed by atoms with Crippen LogP contribution in [0.15, 0.2) is 39.6 Å². The number of H-pyrrole nitrogens is 1. The van der Waals surface area contributed by atoms with E-state index >= 15 is 0 Å². The van der Waals surface area contributed by atoms with Crippen LogP contribution < -0.4 is 15.8 Å². The summed E-state index contributed by atoms with van der Waals surface area (Å²) in [4.78, 5) is 27.4. The predicted molar refractivity (Wildman–Crippen MR) is 125 cm³/mol. The molecule has 2 aromatic carbocycles. The monoisotopic (exact) mass is 535 g/mol. The van der Waals surface area contributed by atoms with E-state index in [1.54, 1.807) is 18.2 Å². The van der Waals surface area contributed by atoms with Crippen LogP contribution in [0.25, 0.3) is 11.1 Å². The Kier molecular flexibility index (Phi) is 6.36. The van der Waals surface area contributed by atoms with E-state index in [0.29, 0.717) is 18.6 Å². The number of ether oxygens (including phenoxy) is 1. The third-order valence-electron chi connectivity index (χ3n) is 6.95. The summed E-state index contributed by atoms with van der Waals surface area (Å²) in [5, 5.41) is 6.59. The topological polar surface area (TPSA) is 97.2 Å². The largest absolute Gasteiger partial charge is 0.494 e. The number of carbonyl (C=O) groups is 1. The Balaban J connectivity index is 1.50. The Morgan fingerprint density at radius 1 is 1.13 bits per heavy atom. The molecule has 1 atom stereocenters. The van der Waals surface area contributed by atoms with Crippen molar-refractivity contribution in [2.45, 2.75) is 50.7 Å². The highest BCUT2D eigenvalue weighted by atomic mass is 19.4. The van der Waals surface area contributed by atoms with Crippen molar-refractivity contribution in [1.29, 1.82) is 0 Å². The summed E-state index contributed by atoms with van der Waals surface area (Å²) >= 11 is 0. The molecule has 1 aromatic heterocycles. The first kappa shape index (κ1) is 25.7. The maximum Gasteiger partial charge on any atom is 0.439 e. The Bertz CT molecular complexity index is 1480. The van der Waals surface area contributed by atoms with Crippen molar-refractivity contribution in [2.24, 2.45) is 0 Å². The lowest BCUT2D eigenvalue weighted by Crippen LogP contribution is -2.48. The van der Waals surface area contributed by atoms with Gasteiger partial charge in [-0.15, -0.1) is 0 Å². The number of nitrogens with one attached hydrogen (secondary N) is 2. The number of carbonyl (C=O) groups excluding carboxylic acids is 1. The molecule has 38 heavy (non-hydrogen) atoms. The van der Waals surface area contributed by atoms with E-state index in [0.717, 1.165) is 23.3 Å². The number of benzene rings is 2. The van der Waals surface area contributed by atoms with Crippen LogP contribution >= 0.6 is 0 Å².